The first-order chi connectivity index (χ1) is 8.49. The Morgan fingerprint density at radius 3 is 2.89 bits per heavy atom. The van der Waals surface area contributed by atoms with Gasteiger partial charge in [-0.1, -0.05) is 19.9 Å². The summed E-state index contributed by atoms with van der Waals surface area (Å²) in [5.41, 5.74) is 6.64. The van der Waals surface area contributed by atoms with Crippen molar-refractivity contribution < 1.29 is 0 Å². The molecule has 0 radical (unpaired) electrons. The summed E-state index contributed by atoms with van der Waals surface area (Å²) in [5, 5.41) is 5.42. The fraction of sp³-hybridized carbons (Fsp3) is 0.308. The normalized spacial score (nSPS) is 11.5. The number of thiophene rings is 1. The van der Waals surface area contributed by atoms with Crippen LogP contribution in [0.1, 0.15) is 18.7 Å². The number of nitrogen functional groups attached to an aromatic ring is 1. The lowest BCUT2D eigenvalue weighted by atomic mass is 9.91. The summed E-state index contributed by atoms with van der Waals surface area (Å²) in [4.78, 5) is 5.64. The molecule has 5 heteroatoms. The number of anilines is 2. The topological polar surface area (TPSA) is 50.9 Å². The molecule has 3 nitrogen and oxygen atoms in total. The van der Waals surface area contributed by atoms with Gasteiger partial charge in [0.1, 0.15) is 5.82 Å². The molecule has 0 unspecified atom stereocenters. The van der Waals surface area contributed by atoms with Gasteiger partial charge in [0.05, 0.1) is 5.69 Å². The number of nitrogens with two attached hydrogens (primary N) is 1. The van der Waals surface area contributed by atoms with Crippen molar-refractivity contribution in [2.24, 2.45) is 0 Å². The molecule has 2 aromatic heterocycles. The molecular weight excluding hydrogens is 310 g/mol. The Labute approximate surface area is 120 Å². The van der Waals surface area contributed by atoms with Gasteiger partial charge in [-0.25, -0.2) is 4.98 Å². The molecule has 0 atom stereocenters. The van der Waals surface area contributed by atoms with E-state index in [2.05, 4.69) is 57.6 Å². The summed E-state index contributed by atoms with van der Waals surface area (Å²) in [5.74, 6) is 0.739. The van der Waals surface area contributed by atoms with Crippen molar-refractivity contribution in [1.82, 2.24) is 4.98 Å². The zero-order chi connectivity index (χ0) is 13.2. The van der Waals surface area contributed by atoms with Gasteiger partial charge in [0.2, 0.25) is 0 Å². The van der Waals surface area contributed by atoms with Crippen molar-refractivity contribution in [3.05, 3.63) is 39.1 Å². The van der Waals surface area contributed by atoms with Crippen molar-refractivity contribution in [3.63, 3.8) is 0 Å². The lowest BCUT2D eigenvalue weighted by molar-refractivity contribution is 0.568. The summed E-state index contributed by atoms with van der Waals surface area (Å²) < 4.78 is 0.892. The summed E-state index contributed by atoms with van der Waals surface area (Å²) in [6, 6.07) is 6.09. The fourth-order valence-electron chi connectivity index (χ4n) is 1.66. The fourth-order valence-corrected chi connectivity index (χ4v) is 2.86. The number of halogens is 1. The standard InChI is InChI=1S/C13H16BrN3S/c1-13(2,11-4-3-5-18-11)8-17-12-10(15)6-9(14)7-16-12/h3-7H,8,15H2,1-2H3,(H,16,17). The quantitative estimate of drug-likeness (QED) is 0.896. The molecule has 0 aliphatic carbocycles. The molecule has 0 saturated carbocycles. The Morgan fingerprint density at radius 1 is 1.50 bits per heavy atom. The van der Waals surface area contributed by atoms with Crippen LogP contribution in [0, 0.1) is 0 Å². The maximum absolute atomic E-state index is 5.92. The second kappa shape index (κ2) is 5.28. The van der Waals surface area contributed by atoms with Gasteiger partial charge >= 0.3 is 0 Å². The third-order valence-corrected chi connectivity index (χ3v) is 4.44. The first-order valence-electron chi connectivity index (χ1n) is 5.68. The van der Waals surface area contributed by atoms with E-state index in [1.54, 1.807) is 17.5 Å². The second-order valence-electron chi connectivity index (χ2n) is 4.81. The summed E-state index contributed by atoms with van der Waals surface area (Å²) in [6.07, 6.45) is 1.75. The van der Waals surface area contributed by atoms with Crippen molar-refractivity contribution >= 4 is 38.8 Å². The van der Waals surface area contributed by atoms with Crippen molar-refractivity contribution in [2.45, 2.75) is 19.3 Å². The largest absolute Gasteiger partial charge is 0.396 e. The maximum Gasteiger partial charge on any atom is 0.149 e. The van der Waals surface area contributed by atoms with E-state index in [0.29, 0.717) is 5.69 Å². The van der Waals surface area contributed by atoms with Crippen LogP contribution < -0.4 is 11.1 Å². The van der Waals surface area contributed by atoms with E-state index in [1.165, 1.54) is 4.88 Å². The maximum atomic E-state index is 5.92. The summed E-state index contributed by atoms with van der Waals surface area (Å²) >= 11 is 5.12. The molecule has 0 fully saturated rings. The minimum Gasteiger partial charge on any atom is -0.396 e. The Bertz CT molecular complexity index is 523. The molecular formula is C13H16BrN3S. The molecule has 3 N–H and O–H groups in total. The zero-order valence-electron chi connectivity index (χ0n) is 10.4. The predicted molar refractivity (Wildman–Crippen MR) is 82.2 cm³/mol. The molecule has 2 aromatic rings. The highest BCUT2D eigenvalue weighted by atomic mass is 79.9. The number of nitrogens with one attached hydrogen (secondary N) is 1. The Kier molecular flexibility index (Phi) is 3.92. The number of pyridine rings is 1. The molecule has 0 aliphatic rings. The van der Waals surface area contributed by atoms with Crippen LogP contribution in [0.25, 0.3) is 0 Å². The molecule has 0 saturated heterocycles. The second-order valence-corrected chi connectivity index (χ2v) is 6.67. The summed E-state index contributed by atoms with van der Waals surface area (Å²) in [7, 11) is 0. The Hall–Kier alpha value is -1.07. The number of aromatic nitrogens is 1. The zero-order valence-corrected chi connectivity index (χ0v) is 12.8. The summed E-state index contributed by atoms with van der Waals surface area (Å²) in [6.45, 7) is 5.22. The van der Waals surface area contributed by atoms with Gasteiger partial charge < -0.3 is 11.1 Å². The third-order valence-electron chi connectivity index (χ3n) is 2.77. The number of hydrogen-bond acceptors (Lipinski definition) is 4. The molecule has 18 heavy (non-hydrogen) atoms. The molecule has 0 aromatic carbocycles. The number of hydrogen-bond donors (Lipinski definition) is 2. The van der Waals surface area contributed by atoms with Gasteiger partial charge in [-0.2, -0.15) is 0 Å². The van der Waals surface area contributed by atoms with Gasteiger partial charge in [0, 0.05) is 27.5 Å². The van der Waals surface area contributed by atoms with E-state index in [9.17, 15) is 0 Å². The molecule has 2 rings (SSSR count). The highest BCUT2D eigenvalue weighted by molar-refractivity contribution is 9.10. The average molecular weight is 326 g/mol. The highest BCUT2D eigenvalue weighted by Crippen LogP contribution is 2.28. The third kappa shape index (κ3) is 3.03. The number of nitrogens with zero attached hydrogens (tertiary/aromatic N) is 1. The van der Waals surface area contributed by atoms with Crippen LogP contribution in [0.3, 0.4) is 0 Å². The lowest BCUT2D eigenvalue weighted by Gasteiger charge is -2.24. The van der Waals surface area contributed by atoms with Gasteiger partial charge in [0.15, 0.2) is 0 Å². The van der Waals surface area contributed by atoms with Gasteiger partial charge in [-0.15, -0.1) is 11.3 Å². The molecule has 0 amide bonds. The average Bonchev–Trinajstić information content (AvgIpc) is 2.82. The first kappa shape index (κ1) is 13.4. The van der Waals surface area contributed by atoms with E-state index < -0.39 is 0 Å². The van der Waals surface area contributed by atoms with E-state index in [0.717, 1.165) is 16.8 Å². The van der Waals surface area contributed by atoms with E-state index in [1.807, 2.05) is 6.07 Å². The van der Waals surface area contributed by atoms with Crippen molar-refractivity contribution in [2.75, 3.05) is 17.6 Å². The Morgan fingerprint density at radius 2 is 2.28 bits per heavy atom. The van der Waals surface area contributed by atoms with Crippen LogP contribution in [-0.4, -0.2) is 11.5 Å². The molecule has 0 spiro atoms. The SMILES string of the molecule is CC(C)(CNc1ncc(Br)cc1N)c1cccs1. The van der Waals surface area contributed by atoms with Crippen LogP contribution in [0.5, 0.6) is 0 Å². The molecule has 2 heterocycles. The van der Waals surface area contributed by atoms with E-state index in [4.69, 9.17) is 5.73 Å². The molecule has 0 aliphatic heterocycles. The smallest absolute Gasteiger partial charge is 0.149 e. The van der Waals surface area contributed by atoms with Gasteiger partial charge in [0.25, 0.3) is 0 Å². The lowest BCUT2D eigenvalue weighted by Crippen LogP contribution is -2.27. The first-order valence-corrected chi connectivity index (χ1v) is 7.35. The van der Waals surface area contributed by atoms with Crippen LogP contribution in [0.2, 0.25) is 0 Å². The van der Waals surface area contributed by atoms with Crippen LogP contribution >= 0.6 is 27.3 Å². The van der Waals surface area contributed by atoms with Gasteiger partial charge in [-0.05, 0) is 33.4 Å². The van der Waals surface area contributed by atoms with Crippen LogP contribution in [0.4, 0.5) is 11.5 Å². The van der Waals surface area contributed by atoms with Crippen molar-refractivity contribution in [3.8, 4) is 0 Å². The van der Waals surface area contributed by atoms with Crippen molar-refractivity contribution in [1.29, 1.82) is 0 Å². The molecule has 96 valence electrons. The monoisotopic (exact) mass is 325 g/mol. The minimum atomic E-state index is 0.0648. The predicted octanol–water partition coefficient (Wildman–Crippen LogP) is 3.88. The minimum absolute atomic E-state index is 0.0648. The number of rotatable bonds is 4. The molecule has 0 bridgehead atoms. The highest BCUT2D eigenvalue weighted by Gasteiger charge is 2.21. The van der Waals surface area contributed by atoms with Gasteiger partial charge in [-0.3, -0.25) is 0 Å². The van der Waals surface area contributed by atoms with Crippen LogP contribution in [-0.2, 0) is 5.41 Å². The Balaban J connectivity index is 2.07. The van der Waals surface area contributed by atoms with Crippen LogP contribution in [0.15, 0.2) is 34.2 Å². The van der Waals surface area contributed by atoms with E-state index >= 15 is 0 Å². The van der Waals surface area contributed by atoms with E-state index in [-0.39, 0.29) is 5.41 Å².